The number of aromatic carboxylic acids is 1. The summed E-state index contributed by atoms with van der Waals surface area (Å²) in [6.07, 6.45) is 1.09. The highest BCUT2D eigenvalue weighted by Crippen LogP contribution is 2.46. The van der Waals surface area contributed by atoms with Crippen molar-refractivity contribution < 1.29 is 28.9 Å². The summed E-state index contributed by atoms with van der Waals surface area (Å²) in [4.78, 5) is 15.2. The van der Waals surface area contributed by atoms with Crippen LogP contribution in [-0.4, -0.2) is 40.0 Å². The van der Waals surface area contributed by atoms with Gasteiger partial charge in [0.15, 0.2) is 5.69 Å². The standard InChI is InChI=1S/C19H19ClFNO5S/c20-12-5-9(1-3-13(12)21)26-7-11-10-2-4-16(27-17(10)6-15(11)23)18-22-14(8-28-18)19(24)25/h1,3,5,8,10-11,15-17,23H,2,4,6-7H2,(H,24,25)/t10-,11-,15+,16-,17+/m1/s1. The zero-order chi connectivity index (χ0) is 19.8. The highest BCUT2D eigenvalue weighted by atomic mass is 35.5. The molecule has 4 rings (SSSR count). The molecule has 1 aliphatic heterocycles. The Kier molecular flexibility index (Phi) is 5.55. The molecule has 150 valence electrons. The minimum Gasteiger partial charge on any atom is -0.493 e. The summed E-state index contributed by atoms with van der Waals surface area (Å²) >= 11 is 7.06. The molecule has 28 heavy (non-hydrogen) atoms. The number of rotatable bonds is 5. The van der Waals surface area contributed by atoms with Crippen molar-refractivity contribution in [3.8, 4) is 5.75 Å². The number of carbonyl (C=O) groups is 1. The van der Waals surface area contributed by atoms with Gasteiger partial charge >= 0.3 is 5.97 Å². The smallest absolute Gasteiger partial charge is 0.355 e. The fourth-order valence-corrected chi connectivity index (χ4v) is 5.07. The summed E-state index contributed by atoms with van der Waals surface area (Å²) in [5.74, 6) is -1.05. The predicted octanol–water partition coefficient (Wildman–Crippen LogP) is 3.93. The molecule has 1 saturated heterocycles. The van der Waals surface area contributed by atoms with Crippen molar-refractivity contribution in [3.63, 3.8) is 0 Å². The lowest BCUT2D eigenvalue weighted by atomic mass is 9.87. The summed E-state index contributed by atoms with van der Waals surface area (Å²) in [6.45, 7) is 0.290. The SMILES string of the molecule is O=C(O)c1csc([C@H]2CC[C@@H]3[C@@H](COc4ccc(F)c(Cl)c4)[C@@H](O)C[C@@H]3O2)n1. The lowest BCUT2D eigenvalue weighted by Crippen LogP contribution is -2.33. The van der Waals surface area contributed by atoms with Crippen molar-refractivity contribution in [2.75, 3.05) is 6.61 Å². The molecule has 1 aliphatic carbocycles. The first kappa shape index (κ1) is 19.6. The monoisotopic (exact) mass is 427 g/mol. The molecule has 9 heteroatoms. The third kappa shape index (κ3) is 3.87. The number of benzene rings is 1. The molecule has 0 bridgehead atoms. The van der Waals surface area contributed by atoms with Gasteiger partial charge in [0.05, 0.1) is 23.8 Å². The van der Waals surface area contributed by atoms with Crippen LogP contribution in [0.5, 0.6) is 5.75 Å². The highest BCUT2D eigenvalue weighted by molar-refractivity contribution is 7.09. The predicted molar refractivity (Wildman–Crippen MR) is 100 cm³/mol. The number of hydrogen-bond acceptors (Lipinski definition) is 6. The van der Waals surface area contributed by atoms with E-state index in [1.807, 2.05) is 0 Å². The van der Waals surface area contributed by atoms with Crippen LogP contribution in [0.1, 0.15) is 40.9 Å². The second-order valence-electron chi connectivity index (χ2n) is 7.13. The Hall–Kier alpha value is -1.74. The topological polar surface area (TPSA) is 88.9 Å². The molecule has 1 aromatic carbocycles. The molecule has 2 aliphatic rings. The molecule has 0 spiro atoms. The van der Waals surface area contributed by atoms with E-state index in [2.05, 4.69) is 4.98 Å². The first-order valence-corrected chi connectivity index (χ1v) is 10.3. The number of aliphatic hydroxyl groups excluding tert-OH is 1. The molecule has 1 aromatic heterocycles. The van der Waals surface area contributed by atoms with Gasteiger partial charge in [0, 0.05) is 23.8 Å². The van der Waals surface area contributed by atoms with Crippen molar-refractivity contribution >= 4 is 28.9 Å². The number of aromatic nitrogens is 1. The quantitative estimate of drug-likeness (QED) is 0.751. The Bertz CT molecular complexity index is 878. The summed E-state index contributed by atoms with van der Waals surface area (Å²) in [7, 11) is 0. The zero-order valence-electron chi connectivity index (χ0n) is 14.8. The summed E-state index contributed by atoms with van der Waals surface area (Å²) < 4.78 is 25.2. The Morgan fingerprint density at radius 2 is 2.25 bits per heavy atom. The maximum atomic E-state index is 13.3. The summed E-state index contributed by atoms with van der Waals surface area (Å²) in [6, 6.07) is 4.18. The number of halogens is 2. The molecule has 1 saturated carbocycles. The van der Waals surface area contributed by atoms with Crippen molar-refractivity contribution in [1.29, 1.82) is 0 Å². The molecule has 2 heterocycles. The fraction of sp³-hybridized carbons (Fsp3) is 0.474. The van der Waals surface area contributed by atoms with Gasteiger partial charge in [-0.05, 0) is 30.9 Å². The molecule has 0 unspecified atom stereocenters. The molecular weight excluding hydrogens is 409 g/mol. The van der Waals surface area contributed by atoms with Crippen LogP contribution in [-0.2, 0) is 4.74 Å². The van der Waals surface area contributed by atoms with Gasteiger partial charge in [0.1, 0.15) is 22.7 Å². The first-order chi connectivity index (χ1) is 13.4. The van der Waals surface area contributed by atoms with E-state index in [1.165, 1.54) is 34.9 Å². The number of ether oxygens (including phenoxy) is 2. The van der Waals surface area contributed by atoms with Gasteiger partial charge in [-0.15, -0.1) is 11.3 Å². The Morgan fingerprint density at radius 1 is 1.43 bits per heavy atom. The van der Waals surface area contributed by atoms with E-state index in [9.17, 15) is 14.3 Å². The number of fused-ring (bicyclic) bond motifs is 1. The van der Waals surface area contributed by atoms with Crippen LogP contribution in [0.3, 0.4) is 0 Å². The van der Waals surface area contributed by atoms with Crippen LogP contribution in [0.2, 0.25) is 5.02 Å². The molecular formula is C19H19ClFNO5S. The average molecular weight is 428 g/mol. The average Bonchev–Trinajstić information content (AvgIpc) is 3.27. The van der Waals surface area contributed by atoms with E-state index in [4.69, 9.17) is 26.2 Å². The van der Waals surface area contributed by atoms with Crippen LogP contribution in [0.25, 0.3) is 0 Å². The Balaban J connectivity index is 1.39. The maximum absolute atomic E-state index is 13.3. The van der Waals surface area contributed by atoms with Gasteiger partial charge in [-0.25, -0.2) is 14.2 Å². The maximum Gasteiger partial charge on any atom is 0.355 e. The second kappa shape index (κ2) is 7.94. The lowest BCUT2D eigenvalue weighted by Gasteiger charge is -2.33. The fourth-order valence-electron chi connectivity index (χ4n) is 4.04. The molecule has 6 nitrogen and oxygen atoms in total. The van der Waals surface area contributed by atoms with E-state index in [-0.39, 0.29) is 34.8 Å². The Morgan fingerprint density at radius 3 is 2.96 bits per heavy atom. The van der Waals surface area contributed by atoms with Crippen LogP contribution in [0, 0.1) is 17.7 Å². The van der Waals surface area contributed by atoms with E-state index < -0.39 is 17.9 Å². The molecule has 5 atom stereocenters. The van der Waals surface area contributed by atoms with Gasteiger partial charge in [0.25, 0.3) is 0 Å². The van der Waals surface area contributed by atoms with Gasteiger partial charge in [0.2, 0.25) is 0 Å². The lowest BCUT2D eigenvalue weighted by molar-refractivity contribution is -0.0811. The minimum absolute atomic E-state index is 0.00429. The molecule has 0 amide bonds. The number of carboxylic acid groups (broad SMARTS) is 1. The Labute approximate surface area is 169 Å². The van der Waals surface area contributed by atoms with Crippen LogP contribution in [0.15, 0.2) is 23.6 Å². The van der Waals surface area contributed by atoms with Crippen molar-refractivity contribution in [2.45, 2.75) is 37.6 Å². The van der Waals surface area contributed by atoms with E-state index in [0.29, 0.717) is 30.2 Å². The molecule has 2 N–H and O–H groups in total. The third-order valence-electron chi connectivity index (χ3n) is 5.45. The van der Waals surface area contributed by atoms with Gasteiger partial charge in [-0.3, -0.25) is 0 Å². The largest absolute Gasteiger partial charge is 0.493 e. The van der Waals surface area contributed by atoms with Crippen LogP contribution < -0.4 is 4.74 Å². The summed E-state index contributed by atoms with van der Waals surface area (Å²) in [5.41, 5.74) is 0.0291. The van der Waals surface area contributed by atoms with Gasteiger partial charge in [-0.1, -0.05) is 11.6 Å². The number of carboxylic acids is 1. The minimum atomic E-state index is -1.05. The normalized spacial score (nSPS) is 29.5. The second-order valence-corrected chi connectivity index (χ2v) is 8.43. The van der Waals surface area contributed by atoms with Crippen molar-refractivity contribution in [3.05, 3.63) is 45.1 Å². The van der Waals surface area contributed by atoms with E-state index in [1.54, 1.807) is 0 Å². The first-order valence-electron chi connectivity index (χ1n) is 9.02. The molecule has 2 aromatic rings. The van der Waals surface area contributed by atoms with Crippen LogP contribution in [0.4, 0.5) is 4.39 Å². The van der Waals surface area contributed by atoms with Gasteiger partial charge < -0.3 is 19.7 Å². The van der Waals surface area contributed by atoms with Gasteiger partial charge in [-0.2, -0.15) is 0 Å². The van der Waals surface area contributed by atoms with E-state index in [0.717, 1.165) is 6.42 Å². The highest BCUT2D eigenvalue weighted by Gasteiger charge is 2.47. The zero-order valence-corrected chi connectivity index (χ0v) is 16.3. The van der Waals surface area contributed by atoms with E-state index >= 15 is 0 Å². The molecule has 0 radical (unpaired) electrons. The number of nitrogens with zero attached hydrogens (tertiary/aromatic N) is 1. The number of hydrogen-bond donors (Lipinski definition) is 2. The van der Waals surface area contributed by atoms with Crippen LogP contribution >= 0.6 is 22.9 Å². The molecule has 2 fully saturated rings. The number of thiazole rings is 1. The number of aliphatic hydroxyl groups is 1. The van der Waals surface area contributed by atoms with Crippen molar-refractivity contribution in [2.24, 2.45) is 11.8 Å². The van der Waals surface area contributed by atoms with Crippen molar-refractivity contribution in [1.82, 2.24) is 4.98 Å². The summed E-state index contributed by atoms with van der Waals surface area (Å²) in [5, 5.41) is 21.7. The third-order valence-corrected chi connectivity index (χ3v) is 6.67.